The lowest BCUT2D eigenvalue weighted by molar-refractivity contribution is 0.142. The zero-order valence-electron chi connectivity index (χ0n) is 18.1. The molecule has 1 amide bonds. The Labute approximate surface area is 181 Å². The number of cyclic esters (lactones) is 1. The second-order valence-electron chi connectivity index (χ2n) is 8.10. The zero-order valence-corrected chi connectivity index (χ0v) is 18.1. The molecule has 7 nitrogen and oxygen atoms in total. The minimum Gasteiger partial charge on any atom is -0.447 e. The number of ether oxygens (including phenoxy) is 2. The molecule has 7 heteroatoms. The molecule has 0 aliphatic carbocycles. The van der Waals surface area contributed by atoms with E-state index in [9.17, 15) is 9.59 Å². The summed E-state index contributed by atoms with van der Waals surface area (Å²) in [6, 6.07) is 15.4. The molecule has 3 aromatic rings. The quantitative estimate of drug-likeness (QED) is 0.601. The van der Waals surface area contributed by atoms with E-state index in [2.05, 4.69) is 11.0 Å². The van der Waals surface area contributed by atoms with E-state index >= 15 is 0 Å². The van der Waals surface area contributed by atoms with Crippen molar-refractivity contribution in [2.24, 2.45) is 0 Å². The number of carbonyl (C=O) groups excluding carboxylic acids is 2. The van der Waals surface area contributed by atoms with Gasteiger partial charge < -0.3 is 19.3 Å². The highest BCUT2D eigenvalue weighted by atomic mass is 16.6. The van der Waals surface area contributed by atoms with Gasteiger partial charge in [0.2, 0.25) is 0 Å². The van der Waals surface area contributed by atoms with Crippen molar-refractivity contribution in [2.45, 2.75) is 19.1 Å². The minimum absolute atomic E-state index is 0.132. The molecule has 0 spiro atoms. The number of amides is 1. The second-order valence-corrected chi connectivity index (χ2v) is 8.10. The molecular formula is C24H27N3O4. The van der Waals surface area contributed by atoms with Gasteiger partial charge in [0.15, 0.2) is 0 Å². The van der Waals surface area contributed by atoms with Crippen LogP contribution in [0.4, 0.5) is 9.59 Å². The summed E-state index contributed by atoms with van der Waals surface area (Å²) in [6.07, 6.45) is 1.93. The van der Waals surface area contributed by atoms with Gasteiger partial charge >= 0.3 is 12.2 Å². The number of hydrogen-bond acceptors (Lipinski definition) is 5. The van der Waals surface area contributed by atoms with Crippen LogP contribution in [0.5, 0.6) is 0 Å². The van der Waals surface area contributed by atoms with Crippen molar-refractivity contribution in [3.05, 3.63) is 71.4 Å². The summed E-state index contributed by atoms with van der Waals surface area (Å²) in [4.78, 5) is 28.4. The molecule has 1 unspecified atom stereocenters. The summed E-state index contributed by atoms with van der Waals surface area (Å²) in [5.74, 6) is 0. The van der Waals surface area contributed by atoms with Crippen LogP contribution in [0.1, 0.15) is 22.7 Å². The maximum Gasteiger partial charge on any atom is 0.418 e. The standard InChI is InChI=1S/C24H27N3O4/c1-25(2)12-11-19-14-27(24(29)30-15-17-7-5-4-6-8-17)21-10-9-18(13-20(19)21)22-16-31-23(28)26(22)3/h4-10,13-14,22H,11-12,15-16H2,1-3H3. The van der Waals surface area contributed by atoms with E-state index < -0.39 is 6.09 Å². The average molecular weight is 421 g/mol. The number of likely N-dealkylation sites (N-methyl/N-ethyl adjacent to an activating group) is 2. The first-order chi connectivity index (χ1) is 14.9. The van der Waals surface area contributed by atoms with Crippen LogP contribution in [0.25, 0.3) is 10.9 Å². The molecule has 1 aliphatic rings. The fourth-order valence-electron chi connectivity index (χ4n) is 3.82. The first kappa shape index (κ1) is 20.9. The third-order valence-corrected chi connectivity index (χ3v) is 5.65. The summed E-state index contributed by atoms with van der Waals surface area (Å²) in [5.41, 5.74) is 3.79. The van der Waals surface area contributed by atoms with Crippen LogP contribution in [-0.4, -0.2) is 60.8 Å². The van der Waals surface area contributed by atoms with E-state index in [-0.39, 0.29) is 18.7 Å². The predicted molar refractivity (Wildman–Crippen MR) is 118 cm³/mol. The van der Waals surface area contributed by atoms with Gasteiger partial charge in [-0.05, 0) is 49.3 Å². The van der Waals surface area contributed by atoms with E-state index in [1.165, 1.54) is 0 Å². The van der Waals surface area contributed by atoms with Gasteiger partial charge in [0.05, 0.1) is 11.6 Å². The van der Waals surface area contributed by atoms with E-state index in [1.807, 2.05) is 62.8 Å². The number of rotatable bonds is 6. The average Bonchev–Trinajstić information content (AvgIpc) is 3.31. The number of carbonyl (C=O) groups is 2. The van der Waals surface area contributed by atoms with Crippen molar-refractivity contribution in [3.63, 3.8) is 0 Å². The molecule has 1 aromatic heterocycles. The fourth-order valence-corrected chi connectivity index (χ4v) is 3.82. The van der Waals surface area contributed by atoms with Crippen LogP contribution in [0, 0.1) is 0 Å². The Bertz CT molecular complexity index is 1090. The molecule has 1 atom stereocenters. The van der Waals surface area contributed by atoms with E-state index in [1.54, 1.807) is 16.5 Å². The molecule has 1 aliphatic heterocycles. The number of fused-ring (bicyclic) bond motifs is 1. The Hall–Kier alpha value is -3.32. The molecule has 0 N–H and O–H groups in total. The van der Waals surface area contributed by atoms with Gasteiger partial charge in [-0.25, -0.2) is 9.59 Å². The number of benzene rings is 2. The van der Waals surface area contributed by atoms with Gasteiger partial charge in [-0.1, -0.05) is 36.4 Å². The smallest absolute Gasteiger partial charge is 0.418 e. The molecule has 162 valence electrons. The lowest BCUT2D eigenvalue weighted by Gasteiger charge is -2.17. The first-order valence-electron chi connectivity index (χ1n) is 10.3. The monoisotopic (exact) mass is 421 g/mol. The van der Waals surface area contributed by atoms with Crippen molar-refractivity contribution < 1.29 is 19.1 Å². The third kappa shape index (κ3) is 4.41. The predicted octanol–water partition coefficient (Wildman–Crippen LogP) is 4.05. The van der Waals surface area contributed by atoms with Crippen molar-refractivity contribution in [1.82, 2.24) is 14.4 Å². The Kier molecular flexibility index (Phi) is 5.95. The topological polar surface area (TPSA) is 64.0 Å². The Morgan fingerprint density at radius 1 is 1.19 bits per heavy atom. The van der Waals surface area contributed by atoms with E-state index in [0.717, 1.165) is 40.6 Å². The molecule has 1 fully saturated rings. The van der Waals surface area contributed by atoms with Gasteiger partial charge in [-0.3, -0.25) is 4.57 Å². The lowest BCUT2D eigenvalue weighted by atomic mass is 10.0. The van der Waals surface area contributed by atoms with Crippen molar-refractivity contribution >= 4 is 23.1 Å². The van der Waals surface area contributed by atoms with Crippen LogP contribution in [0.15, 0.2) is 54.7 Å². The summed E-state index contributed by atoms with van der Waals surface area (Å²) in [5, 5.41) is 0.990. The summed E-state index contributed by atoms with van der Waals surface area (Å²) >= 11 is 0. The van der Waals surface area contributed by atoms with Crippen molar-refractivity contribution in [1.29, 1.82) is 0 Å². The van der Waals surface area contributed by atoms with E-state index in [0.29, 0.717) is 6.61 Å². The number of nitrogens with zero attached hydrogens (tertiary/aromatic N) is 3. The largest absolute Gasteiger partial charge is 0.447 e. The Morgan fingerprint density at radius 3 is 2.65 bits per heavy atom. The third-order valence-electron chi connectivity index (χ3n) is 5.65. The van der Waals surface area contributed by atoms with Crippen molar-refractivity contribution in [3.8, 4) is 0 Å². The van der Waals surface area contributed by atoms with Crippen LogP contribution < -0.4 is 0 Å². The highest BCUT2D eigenvalue weighted by molar-refractivity contribution is 5.92. The Morgan fingerprint density at radius 2 is 1.97 bits per heavy atom. The SMILES string of the molecule is CN(C)CCc1cn(C(=O)OCc2ccccc2)c2ccc(C3COC(=O)N3C)cc12. The van der Waals surface area contributed by atoms with Crippen LogP contribution in [0.3, 0.4) is 0 Å². The molecule has 4 rings (SSSR count). The number of hydrogen-bond donors (Lipinski definition) is 0. The van der Waals surface area contributed by atoms with Crippen molar-refractivity contribution in [2.75, 3.05) is 34.3 Å². The first-order valence-corrected chi connectivity index (χ1v) is 10.3. The Balaban J connectivity index is 1.65. The van der Waals surface area contributed by atoms with Gasteiger partial charge in [0.25, 0.3) is 0 Å². The highest BCUT2D eigenvalue weighted by Gasteiger charge is 2.31. The summed E-state index contributed by atoms with van der Waals surface area (Å²) < 4.78 is 12.3. The second kappa shape index (κ2) is 8.81. The maximum atomic E-state index is 12.9. The zero-order chi connectivity index (χ0) is 22.0. The van der Waals surface area contributed by atoms with Gasteiger partial charge in [0.1, 0.15) is 13.2 Å². The molecule has 31 heavy (non-hydrogen) atoms. The molecule has 0 bridgehead atoms. The van der Waals surface area contributed by atoms with Crippen LogP contribution in [0.2, 0.25) is 0 Å². The fraction of sp³-hybridized carbons (Fsp3) is 0.333. The van der Waals surface area contributed by atoms with E-state index in [4.69, 9.17) is 9.47 Å². The van der Waals surface area contributed by atoms with Gasteiger partial charge in [-0.2, -0.15) is 0 Å². The normalized spacial score (nSPS) is 16.2. The van der Waals surface area contributed by atoms with Gasteiger partial charge in [-0.15, -0.1) is 0 Å². The molecule has 0 radical (unpaired) electrons. The summed E-state index contributed by atoms with van der Waals surface area (Å²) in [7, 11) is 5.79. The molecule has 2 aromatic carbocycles. The van der Waals surface area contributed by atoms with Crippen LogP contribution >= 0.6 is 0 Å². The minimum atomic E-state index is -0.408. The van der Waals surface area contributed by atoms with Crippen LogP contribution in [-0.2, 0) is 22.5 Å². The lowest BCUT2D eigenvalue weighted by Crippen LogP contribution is -2.22. The number of aromatic nitrogens is 1. The molecule has 1 saturated heterocycles. The van der Waals surface area contributed by atoms with Gasteiger partial charge in [0, 0.05) is 25.2 Å². The summed E-state index contributed by atoms with van der Waals surface area (Å²) in [6.45, 7) is 1.40. The molecule has 0 saturated carbocycles. The highest BCUT2D eigenvalue weighted by Crippen LogP contribution is 2.31. The molecule has 2 heterocycles. The maximum absolute atomic E-state index is 12.9. The molecular weight excluding hydrogens is 394 g/mol.